The lowest BCUT2D eigenvalue weighted by Crippen LogP contribution is -2.64. The van der Waals surface area contributed by atoms with Crippen molar-refractivity contribution in [1.29, 1.82) is 0 Å². The molecule has 1 saturated heterocycles. The first-order chi connectivity index (χ1) is 6.73. The predicted molar refractivity (Wildman–Crippen MR) is 52.8 cm³/mol. The summed E-state index contributed by atoms with van der Waals surface area (Å²) in [5, 5.41) is 3.09. The Labute approximate surface area is 82.1 Å². The fourth-order valence-corrected chi connectivity index (χ4v) is 1.38. The molecule has 0 saturated carbocycles. The number of para-hydroxylation sites is 1. The monoisotopic (exact) mass is 192 g/mol. The second kappa shape index (κ2) is 3.31. The number of nitrogens with one attached hydrogen (secondary N) is 1. The number of anilines is 1. The van der Waals surface area contributed by atoms with Gasteiger partial charge in [-0.25, -0.2) is 0 Å². The van der Waals surface area contributed by atoms with Gasteiger partial charge < -0.3 is 15.8 Å². The van der Waals surface area contributed by atoms with Gasteiger partial charge in [0, 0.05) is 5.69 Å². The molecule has 1 aliphatic heterocycles. The summed E-state index contributed by atoms with van der Waals surface area (Å²) in [5.74, 6) is -0.368. The molecular weight excluding hydrogens is 180 g/mol. The summed E-state index contributed by atoms with van der Waals surface area (Å²) in [6, 6.07) is 9.50. The Morgan fingerprint density at radius 1 is 1.36 bits per heavy atom. The molecule has 1 aromatic carbocycles. The van der Waals surface area contributed by atoms with E-state index in [2.05, 4.69) is 5.32 Å². The molecule has 1 fully saturated rings. The molecule has 0 unspecified atom stereocenters. The molecule has 4 nitrogen and oxygen atoms in total. The van der Waals surface area contributed by atoms with Crippen molar-refractivity contribution in [2.75, 3.05) is 18.5 Å². The molecule has 0 bridgehead atoms. The number of benzene rings is 1. The molecule has 0 aromatic heterocycles. The summed E-state index contributed by atoms with van der Waals surface area (Å²) in [6.07, 6.45) is 0. The van der Waals surface area contributed by atoms with Gasteiger partial charge in [-0.3, -0.25) is 4.79 Å². The fraction of sp³-hybridized carbons (Fsp3) is 0.300. The van der Waals surface area contributed by atoms with Crippen LogP contribution in [0.25, 0.3) is 0 Å². The van der Waals surface area contributed by atoms with Crippen molar-refractivity contribution >= 4 is 11.6 Å². The van der Waals surface area contributed by atoms with Gasteiger partial charge in [0.2, 0.25) is 5.91 Å². The molecule has 0 aliphatic carbocycles. The minimum Gasteiger partial charge on any atom is -0.375 e. The molecule has 0 radical (unpaired) electrons. The number of rotatable bonds is 3. The summed E-state index contributed by atoms with van der Waals surface area (Å²) < 4.78 is 5.01. The maximum absolute atomic E-state index is 11.2. The largest absolute Gasteiger partial charge is 0.375 e. The zero-order chi connectivity index (χ0) is 10.0. The van der Waals surface area contributed by atoms with E-state index in [-0.39, 0.29) is 5.91 Å². The lowest BCUT2D eigenvalue weighted by Gasteiger charge is -2.39. The minimum absolute atomic E-state index is 0.344. The van der Waals surface area contributed by atoms with Crippen molar-refractivity contribution < 1.29 is 9.53 Å². The van der Waals surface area contributed by atoms with Crippen LogP contribution in [0.1, 0.15) is 0 Å². The minimum atomic E-state index is -0.707. The molecule has 1 aliphatic rings. The van der Waals surface area contributed by atoms with E-state index in [1.807, 2.05) is 30.3 Å². The number of carbonyl (C=O) groups excluding carboxylic acids is 1. The lowest BCUT2D eigenvalue weighted by atomic mass is 9.96. The second-order valence-corrected chi connectivity index (χ2v) is 3.43. The zero-order valence-corrected chi connectivity index (χ0v) is 7.69. The molecular formula is C10H12N2O2. The van der Waals surface area contributed by atoms with Crippen LogP contribution < -0.4 is 11.1 Å². The first-order valence-electron chi connectivity index (χ1n) is 4.44. The highest BCUT2D eigenvalue weighted by Gasteiger charge is 2.44. The van der Waals surface area contributed by atoms with Crippen molar-refractivity contribution in [2.24, 2.45) is 5.73 Å². The van der Waals surface area contributed by atoms with E-state index in [0.29, 0.717) is 13.2 Å². The maximum Gasteiger partial charge on any atom is 0.247 e. The zero-order valence-electron chi connectivity index (χ0n) is 7.69. The van der Waals surface area contributed by atoms with Crippen molar-refractivity contribution in [3.05, 3.63) is 30.3 Å². The molecule has 1 heterocycles. The van der Waals surface area contributed by atoms with Gasteiger partial charge in [0.1, 0.15) is 0 Å². The van der Waals surface area contributed by atoms with Crippen LogP contribution in [0.2, 0.25) is 0 Å². The summed E-state index contributed by atoms with van der Waals surface area (Å²) in [7, 11) is 0. The summed E-state index contributed by atoms with van der Waals surface area (Å²) >= 11 is 0. The highest BCUT2D eigenvalue weighted by molar-refractivity contribution is 5.89. The summed E-state index contributed by atoms with van der Waals surface area (Å²) in [5.41, 5.74) is 5.48. The third-order valence-corrected chi connectivity index (χ3v) is 2.33. The number of carbonyl (C=O) groups is 1. The number of ether oxygens (including phenoxy) is 1. The van der Waals surface area contributed by atoms with E-state index in [1.54, 1.807) is 0 Å². The van der Waals surface area contributed by atoms with Gasteiger partial charge in [-0.15, -0.1) is 0 Å². The quantitative estimate of drug-likeness (QED) is 0.726. The highest BCUT2D eigenvalue weighted by Crippen LogP contribution is 2.22. The van der Waals surface area contributed by atoms with E-state index in [1.165, 1.54) is 0 Å². The number of hydrogen-bond acceptors (Lipinski definition) is 3. The first kappa shape index (κ1) is 9.02. The van der Waals surface area contributed by atoms with Gasteiger partial charge in [-0.1, -0.05) is 18.2 Å². The van der Waals surface area contributed by atoms with Gasteiger partial charge in [0.15, 0.2) is 5.54 Å². The third kappa shape index (κ3) is 1.44. The van der Waals surface area contributed by atoms with E-state index in [9.17, 15) is 4.79 Å². The normalized spacial score (nSPS) is 18.3. The van der Waals surface area contributed by atoms with Gasteiger partial charge >= 0.3 is 0 Å². The number of amides is 1. The molecule has 0 atom stereocenters. The maximum atomic E-state index is 11.2. The van der Waals surface area contributed by atoms with Crippen molar-refractivity contribution in [1.82, 2.24) is 0 Å². The molecule has 14 heavy (non-hydrogen) atoms. The molecule has 4 heteroatoms. The van der Waals surface area contributed by atoms with Crippen LogP contribution in [0.5, 0.6) is 0 Å². The Morgan fingerprint density at radius 2 is 2.00 bits per heavy atom. The van der Waals surface area contributed by atoms with Crippen LogP contribution in [0.3, 0.4) is 0 Å². The molecule has 74 valence electrons. The van der Waals surface area contributed by atoms with Gasteiger partial charge in [0.05, 0.1) is 13.2 Å². The first-order valence-corrected chi connectivity index (χ1v) is 4.44. The predicted octanol–water partition coefficient (Wildman–Crippen LogP) is 0.353. The van der Waals surface area contributed by atoms with Crippen molar-refractivity contribution in [3.8, 4) is 0 Å². The van der Waals surface area contributed by atoms with Gasteiger partial charge in [-0.05, 0) is 12.1 Å². The van der Waals surface area contributed by atoms with E-state index < -0.39 is 5.54 Å². The van der Waals surface area contributed by atoms with Crippen LogP contribution in [-0.4, -0.2) is 24.7 Å². The Kier molecular flexibility index (Phi) is 2.13. The van der Waals surface area contributed by atoms with Crippen molar-refractivity contribution in [3.63, 3.8) is 0 Å². The standard InChI is InChI=1S/C10H12N2O2/c11-9(13)10(6-14-7-10)12-8-4-2-1-3-5-8/h1-5,12H,6-7H2,(H2,11,13). The molecule has 1 amide bonds. The fourth-order valence-electron chi connectivity index (χ4n) is 1.38. The highest BCUT2D eigenvalue weighted by atomic mass is 16.5. The van der Waals surface area contributed by atoms with Crippen LogP contribution in [0.15, 0.2) is 30.3 Å². The SMILES string of the molecule is NC(=O)C1(Nc2ccccc2)COC1. The average Bonchev–Trinajstić information content (AvgIpc) is 2.12. The third-order valence-electron chi connectivity index (χ3n) is 2.33. The molecule has 3 N–H and O–H groups in total. The Morgan fingerprint density at radius 3 is 2.43 bits per heavy atom. The number of hydrogen-bond donors (Lipinski definition) is 2. The van der Waals surface area contributed by atoms with Crippen LogP contribution >= 0.6 is 0 Å². The summed E-state index contributed by atoms with van der Waals surface area (Å²) in [6.45, 7) is 0.689. The van der Waals surface area contributed by atoms with Crippen LogP contribution in [0.4, 0.5) is 5.69 Å². The smallest absolute Gasteiger partial charge is 0.247 e. The summed E-state index contributed by atoms with van der Waals surface area (Å²) in [4.78, 5) is 11.2. The molecule has 0 spiro atoms. The lowest BCUT2D eigenvalue weighted by molar-refractivity contribution is -0.137. The molecule has 1 aromatic rings. The Balaban J connectivity index is 2.13. The Hall–Kier alpha value is -1.55. The van der Waals surface area contributed by atoms with Crippen LogP contribution in [0, 0.1) is 0 Å². The van der Waals surface area contributed by atoms with Gasteiger partial charge in [-0.2, -0.15) is 0 Å². The average molecular weight is 192 g/mol. The van der Waals surface area contributed by atoms with Crippen molar-refractivity contribution in [2.45, 2.75) is 5.54 Å². The number of nitrogens with two attached hydrogens (primary N) is 1. The number of primary amides is 1. The van der Waals surface area contributed by atoms with Gasteiger partial charge in [0.25, 0.3) is 0 Å². The molecule has 2 rings (SSSR count). The second-order valence-electron chi connectivity index (χ2n) is 3.43. The Bertz CT molecular complexity index is 333. The van der Waals surface area contributed by atoms with E-state index >= 15 is 0 Å². The van der Waals surface area contributed by atoms with E-state index in [4.69, 9.17) is 10.5 Å². The van der Waals surface area contributed by atoms with E-state index in [0.717, 1.165) is 5.69 Å². The topological polar surface area (TPSA) is 64.4 Å². The van der Waals surface area contributed by atoms with Crippen LogP contribution in [-0.2, 0) is 9.53 Å².